The van der Waals surface area contributed by atoms with Crippen molar-refractivity contribution >= 4 is 31.9 Å². The van der Waals surface area contributed by atoms with E-state index in [1.54, 1.807) is 12.1 Å². The molecule has 1 aromatic rings. The molecule has 0 bridgehead atoms. The number of nitrogens with zero attached hydrogens (tertiary/aromatic N) is 2. The van der Waals surface area contributed by atoms with Gasteiger partial charge >= 0.3 is 0 Å². The zero-order chi connectivity index (χ0) is 17.2. The molecule has 0 N–H and O–H groups in total. The van der Waals surface area contributed by atoms with Crippen LogP contribution in [0.25, 0.3) is 0 Å². The second-order valence-electron chi connectivity index (χ2n) is 5.99. The smallest absolute Gasteiger partial charge is 0.254 e. The van der Waals surface area contributed by atoms with Gasteiger partial charge in [-0.2, -0.15) is 0 Å². The average molecular weight is 403 g/mol. The lowest BCUT2D eigenvalue weighted by atomic mass is 9.99. The Hall–Kier alpha value is -0.920. The molecular weight excluding hydrogens is 380 g/mol. The number of halogens is 1. The van der Waals surface area contributed by atoms with Crippen LogP contribution in [0.4, 0.5) is 0 Å². The van der Waals surface area contributed by atoms with E-state index < -0.39 is 10.0 Å². The number of hydrogen-bond acceptors (Lipinski definition) is 3. The molecule has 128 valence electrons. The largest absolute Gasteiger partial charge is 0.336 e. The van der Waals surface area contributed by atoms with E-state index in [4.69, 9.17) is 0 Å². The highest BCUT2D eigenvalue weighted by Gasteiger charge is 2.28. The van der Waals surface area contributed by atoms with Gasteiger partial charge in [0.25, 0.3) is 5.91 Å². The summed E-state index contributed by atoms with van der Waals surface area (Å²) < 4.78 is 26.4. The zero-order valence-corrected chi connectivity index (χ0v) is 16.2. The van der Waals surface area contributed by atoms with Crippen LogP contribution in [0.5, 0.6) is 0 Å². The van der Waals surface area contributed by atoms with E-state index in [2.05, 4.69) is 22.9 Å². The summed E-state index contributed by atoms with van der Waals surface area (Å²) >= 11 is 3.27. The molecule has 1 fully saturated rings. The van der Waals surface area contributed by atoms with E-state index in [1.807, 2.05) is 4.90 Å². The fraction of sp³-hybridized carbons (Fsp3) is 0.562. The number of piperidine rings is 1. The van der Waals surface area contributed by atoms with Crippen molar-refractivity contribution in [2.75, 3.05) is 20.6 Å². The van der Waals surface area contributed by atoms with Crippen LogP contribution in [-0.4, -0.2) is 50.2 Å². The molecule has 0 aromatic heterocycles. The number of likely N-dealkylation sites (tertiary alicyclic amines) is 1. The van der Waals surface area contributed by atoms with Gasteiger partial charge in [0, 0.05) is 36.7 Å². The molecular formula is C16H23BrN2O3S. The number of rotatable bonds is 4. The standard InChI is InChI=1S/C16H23BrN2O3S/c1-4-13-7-5-6-10-19(13)16(20)12-8-9-14(17)15(11-12)23(21,22)18(2)3/h8-9,11,13H,4-7,10H2,1-3H3. The van der Waals surface area contributed by atoms with Crippen molar-refractivity contribution in [1.82, 2.24) is 9.21 Å². The Morgan fingerprint density at radius 2 is 2.04 bits per heavy atom. The fourth-order valence-electron chi connectivity index (χ4n) is 2.89. The molecule has 1 amide bonds. The Morgan fingerprint density at radius 3 is 2.65 bits per heavy atom. The Labute approximate surface area is 146 Å². The summed E-state index contributed by atoms with van der Waals surface area (Å²) in [4.78, 5) is 14.8. The van der Waals surface area contributed by atoms with Gasteiger partial charge in [-0.1, -0.05) is 6.92 Å². The second kappa shape index (κ2) is 7.32. The lowest BCUT2D eigenvalue weighted by Gasteiger charge is -2.35. The maximum atomic E-state index is 12.8. The summed E-state index contributed by atoms with van der Waals surface area (Å²) in [5.74, 6) is -0.0840. The summed E-state index contributed by atoms with van der Waals surface area (Å²) in [7, 11) is -0.637. The molecule has 2 rings (SSSR count). The van der Waals surface area contributed by atoms with Crippen LogP contribution in [0, 0.1) is 0 Å². The molecule has 23 heavy (non-hydrogen) atoms. The molecule has 0 radical (unpaired) electrons. The maximum absolute atomic E-state index is 12.8. The molecule has 0 spiro atoms. The predicted molar refractivity (Wildman–Crippen MR) is 94.0 cm³/mol. The van der Waals surface area contributed by atoms with Crippen molar-refractivity contribution in [3.8, 4) is 0 Å². The van der Waals surface area contributed by atoms with E-state index in [0.717, 1.165) is 36.5 Å². The molecule has 1 aliphatic rings. The van der Waals surface area contributed by atoms with Gasteiger partial charge in [0.05, 0.1) is 4.90 Å². The van der Waals surface area contributed by atoms with Crippen molar-refractivity contribution in [3.05, 3.63) is 28.2 Å². The first-order chi connectivity index (χ1) is 10.8. The average Bonchev–Trinajstić information content (AvgIpc) is 2.54. The Bertz CT molecular complexity index is 689. The van der Waals surface area contributed by atoms with Crippen LogP contribution in [0.15, 0.2) is 27.6 Å². The summed E-state index contributed by atoms with van der Waals surface area (Å²) in [5.41, 5.74) is 0.425. The summed E-state index contributed by atoms with van der Waals surface area (Å²) in [6.07, 6.45) is 4.08. The number of sulfonamides is 1. The van der Waals surface area contributed by atoms with Crippen molar-refractivity contribution in [1.29, 1.82) is 0 Å². The van der Waals surface area contributed by atoms with Gasteiger partial charge in [-0.15, -0.1) is 0 Å². The molecule has 0 saturated carbocycles. The third-order valence-corrected chi connectivity index (χ3v) is 7.10. The summed E-state index contributed by atoms with van der Waals surface area (Å²) in [5, 5.41) is 0. The van der Waals surface area contributed by atoms with Crippen LogP contribution in [0.2, 0.25) is 0 Å². The number of amides is 1. The minimum Gasteiger partial charge on any atom is -0.336 e. The van der Waals surface area contributed by atoms with Gasteiger partial charge in [0.15, 0.2) is 0 Å². The minimum atomic E-state index is -3.60. The SMILES string of the molecule is CCC1CCCCN1C(=O)c1ccc(Br)c(S(=O)(=O)N(C)C)c1. The van der Waals surface area contributed by atoms with E-state index in [0.29, 0.717) is 10.0 Å². The zero-order valence-electron chi connectivity index (χ0n) is 13.8. The van der Waals surface area contributed by atoms with Crippen LogP contribution in [-0.2, 0) is 10.0 Å². The number of carbonyl (C=O) groups excluding carboxylic acids is 1. The third-order valence-electron chi connectivity index (χ3n) is 4.30. The van der Waals surface area contributed by atoms with Crippen LogP contribution in [0.1, 0.15) is 43.0 Å². The first-order valence-corrected chi connectivity index (χ1v) is 10.1. The van der Waals surface area contributed by atoms with E-state index in [9.17, 15) is 13.2 Å². The molecule has 5 nitrogen and oxygen atoms in total. The number of carbonyl (C=O) groups is 1. The Morgan fingerprint density at radius 1 is 1.35 bits per heavy atom. The lowest BCUT2D eigenvalue weighted by molar-refractivity contribution is 0.0608. The summed E-state index contributed by atoms with van der Waals surface area (Å²) in [6, 6.07) is 5.04. The Kier molecular flexibility index (Phi) is 5.86. The number of benzene rings is 1. The van der Waals surface area contributed by atoms with Crippen molar-refractivity contribution in [2.45, 2.75) is 43.5 Å². The highest BCUT2D eigenvalue weighted by Crippen LogP contribution is 2.27. The van der Waals surface area contributed by atoms with Crippen LogP contribution >= 0.6 is 15.9 Å². The molecule has 7 heteroatoms. The van der Waals surface area contributed by atoms with E-state index in [1.165, 1.54) is 20.2 Å². The highest BCUT2D eigenvalue weighted by molar-refractivity contribution is 9.10. The first-order valence-electron chi connectivity index (χ1n) is 7.82. The molecule has 1 heterocycles. The number of hydrogen-bond donors (Lipinski definition) is 0. The fourth-order valence-corrected chi connectivity index (χ4v) is 4.73. The normalized spacial score (nSPS) is 19.2. The van der Waals surface area contributed by atoms with E-state index in [-0.39, 0.29) is 16.8 Å². The lowest BCUT2D eigenvalue weighted by Crippen LogP contribution is -2.43. The van der Waals surface area contributed by atoms with Crippen LogP contribution < -0.4 is 0 Å². The van der Waals surface area contributed by atoms with Crippen molar-refractivity contribution < 1.29 is 13.2 Å². The topological polar surface area (TPSA) is 57.7 Å². The summed E-state index contributed by atoms with van der Waals surface area (Å²) in [6.45, 7) is 2.82. The third kappa shape index (κ3) is 3.78. The minimum absolute atomic E-state index is 0.0840. The molecule has 1 aliphatic heterocycles. The molecule has 1 aromatic carbocycles. The second-order valence-corrected chi connectivity index (χ2v) is 8.96. The van der Waals surface area contributed by atoms with Crippen molar-refractivity contribution in [2.24, 2.45) is 0 Å². The van der Waals surface area contributed by atoms with Gasteiger partial charge in [-0.3, -0.25) is 4.79 Å². The maximum Gasteiger partial charge on any atom is 0.254 e. The molecule has 1 atom stereocenters. The van der Waals surface area contributed by atoms with E-state index >= 15 is 0 Å². The first kappa shape index (κ1) is 18.4. The van der Waals surface area contributed by atoms with Gasteiger partial charge in [-0.25, -0.2) is 12.7 Å². The molecule has 1 unspecified atom stereocenters. The molecule has 0 aliphatic carbocycles. The van der Waals surface area contributed by atoms with Gasteiger partial charge in [0.1, 0.15) is 0 Å². The van der Waals surface area contributed by atoms with Crippen molar-refractivity contribution in [3.63, 3.8) is 0 Å². The van der Waals surface area contributed by atoms with Gasteiger partial charge in [-0.05, 0) is 59.8 Å². The molecule has 1 saturated heterocycles. The van der Waals surface area contributed by atoms with Crippen LogP contribution in [0.3, 0.4) is 0 Å². The van der Waals surface area contributed by atoms with Gasteiger partial charge < -0.3 is 4.90 Å². The quantitative estimate of drug-likeness (QED) is 0.776. The Balaban J connectivity index is 2.39. The van der Waals surface area contributed by atoms with Gasteiger partial charge in [0.2, 0.25) is 10.0 Å². The predicted octanol–water partition coefficient (Wildman–Crippen LogP) is 3.10. The highest BCUT2D eigenvalue weighted by atomic mass is 79.9. The monoisotopic (exact) mass is 402 g/mol.